The lowest BCUT2D eigenvalue weighted by molar-refractivity contribution is -0.134. The minimum atomic E-state index is -1.26. The van der Waals surface area contributed by atoms with Gasteiger partial charge in [-0.25, -0.2) is 9.59 Å². The van der Waals surface area contributed by atoms with Gasteiger partial charge in [-0.15, -0.1) is 0 Å². The van der Waals surface area contributed by atoms with Gasteiger partial charge in [0.2, 0.25) is 0 Å². The van der Waals surface area contributed by atoms with E-state index < -0.39 is 11.9 Å². The number of aliphatic carboxylic acids is 2. The Balaban J connectivity index is 0.000000426. The largest absolute Gasteiger partial charge is 0.493 e. The van der Waals surface area contributed by atoms with Crippen LogP contribution < -0.4 is 4.74 Å². The van der Waals surface area contributed by atoms with Gasteiger partial charge in [0.1, 0.15) is 11.5 Å². The molecular weight excluding hydrogens is 528 g/mol. The number of rotatable bonds is 12. The number of fused-ring (bicyclic) bond motifs is 1. The van der Waals surface area contributed by atoms with Crippen molar-refractivity contribution < 1.29 is 33.6 Å². The minimum Gasteiger partial charge on any atom is -0.493 e. The number of hydrogen-bond acceptors (Lipinski definition) is 9. The van der Waals surface area contributed by atoms with Crippen molar-refractivity contribution in [2.24, 2.45) is 11.8 Å². The summed E-state index contributed by atoms with van der Waals surface area (Å²) < 4.78 is 17.3. The molecule has 2 fully saturated rings. The predicted octanol–water partition coefficient (Wildman–Crippen LogP) is 4.53. The molecule has 3 heterocycles. The number of aromatic nitrogens is 2. The normalized spacial score (nSPS) is 16.3. The standard InChI is InChI=1S/C26H36N4O3.C4H4O4/c1-18-14-21(27-32-18)15-30-12-10-19(11-13-30)6-8-24-22-7-9-25(31-17-20-4-5-20)23(16-29(2)3)26(22)33-28-24;5-3(6)1-2-4(7)8/h7,9,14,19-20H,4-6,8,10-13,15-17H2,1-3H3;1-2H,(H,5,6)(H,7,8)/b;2-1+. The van der Waals surface area contributed by atoms with Crippen LogP contribution in [0.2, 0.25) is 0 Å². The molecule has 2 N–H and O–H groups in total. The molecule has 0 unspecified atom stereocenters. The highest BCUT2D eigenvalue weighted by atomic mass is 16.5. The molecule has 0 bridgehead atoms. The Bertz CT molecular complexity index is 1320. The Kier molecular flexibility index (Phi) is 10.5. The number of carboxylic acids is 2. The summed E-state index contributed by atoms with van der Waals surface area (Å²) in [4.78, 5) is 23.8. The lowest BCUT2D eigenvalue weighted by Gasteiger charge is -2.31. The van der Waals surface area contributed by atoms with Gasteiger partial charge in [0.15, 0.2) is 5.58 Å². The Morgan fingerprint density at radius 3 is 2.34 bits per heavy atom. The third kappa shape index (κ3) is 9.43. The number of hydrogen-bond donors (Lipinski definition) is 2. The van der Waals surface area contributed by atoms with Crippen LogP contribution >= 0.6 is 0 Å². The van der Waals surface area contributed by atoms with Crippen LogP contribution in [0.1, 0.15) is 54.8 Å². The maximum atomic E-state index is 9.55. The molecule has 0 amide bonds. The summed E-state index contributed by atoms with van der Waals surface area (Å²) >= 11 is 0. The molecule has 3 aromatic rings. The minimum absolute atomic E-state index is 0.558. The second-order valence-corrected chi connectivity index (χ2v) is 11.2. The molecule has 41 heavy (non-hydrogen) atoms. The van der Waals surface area contributed by atoms with Gasteiger partial charge in [-0.3, -0.25) is 4.90 Å². The fourth-order valence-electron chi connectivity index (χ4n) is 5.00. The highest BCUT2D eigenvalue weighted by molar-refractivity contribution is 5.89. The van der Waals surface area contributed by atoms with Gasteiger partial charge in [-0.05, 0) is 96.6 Å². The molecule has 0 spiro atoms. The van der Waals surface area contributed by atoms with E-state index in [-0.39, 0.29) is 0 Å². The summed E-state index contributed by atoms with van der Waals surface area (Å²) in [6.45, 7) is 6.66. The van der Waals surface area contributed by atoms with Gasteiger partial charge in [-0.1, -0.05) is 10.3 Å². The molecule has 222 valence electrons. The van der Waals surface area contributed by atoms with Crippen LogP contribution in [0, 0.1) is 18.8 Å². The lowest BCUT2D eigenvalue weighted by Crippen LogP contribution is -2.33. The van der Waals surface area contributed by atoms with Crippen molar-refractivity contribution in [2.75, 3.05) is 33.8 Å². The van der Waals surface area contributed by atoms with E-state index in [0.717, 1.165) is 96.9 Å². The van der Waals surface area contributed by atoms with E-state index in [1.165, 1.54) is 25.7 Å². The molecule has 1 saturated heterocycles. The van der Waals surface area contributed by atoms with Crippen molar-refractivity contribution in [3.8, 4) is 5.75 Å². The summed E-state index contributed by atoms with van der Waals surface area (Å²) in [5, 5.41) is 25.4. The number of benzene rings is 1. The van der Waals surface area contributed by atoms with Gasteiger partial charge in [-0.2, -0.15) is 0 Å². The van der Waals surface area contributed by atoms with Crippen molar-refractivity contribution in [3.05, 3.63) is 53.1 Å². The summed E-state index contributed by atoms with van der Waals surface area (Å²) in [6, 6.07) is 6.30. The molecule has 1 aliphatic carbocycles. The number of ether oxygens (including phenoxy) is 1. The van der Waals surface area contributed by atoms with Gasteiger partial charge in [0.25, 0.3) is 0 Å². The number of piperidine rings is 1. The molecule has 5 rings (SSSR count). The van der Waals surface area contributed by atoms with Crippen LogP contribution in [0.15, 0.2) is 39.4 Å². The maximum absolute atomic E-state index is 9.55. The molecule has 0 atom stereocenters. The first-order chi connectivity index (χ1) is 19.7. The van der Waals surface area contributed by atoms with E-state index >= 15 is 0 Å². The number of likely N-dealkylation sites (tertiary alicyclic amines) is 1. The number of carboxylic acid groups (broad SMARTS) is 2. The maximum Gasteiger partial charge on any atom is 0.328 e. The highest BCUT2D eigenvalue weighted by Gasteiger charge is 2.25. The monoisotopic (exact) mass is 568 g/mol. The Labute approximate surface area is 239 Å². The summed E-state index contributed by atoms with van der Waals surface area (Å²) in [5.41, 5.74) is 4.13. The van der Waals surface area contributed by atoms with Gasteiger partial charge in [0.05, 0.1) is 23.6 Å². The van der Waals surface area contributed by atoms with Crippen molar-refractivity contribution in [2.45, 2.75) is 58.5 Å². The van der Waals surface area contributed by atoms with Crippen molar-refractivity contribution in [1.82, 2.24) is 20.1 Å². The zero-order valence-corrected chi connectivity index (χ0v) is 24.0. The van der Waals surface area contributed by atoms with Crippen LogP contribution in [0.3, 0.4) is 0 Å². The molecule has 2 aliphatic rings. The quantitative estimate of drug-likeness (QED) is 0.298. The van der Waals surface area contributed by atoms with Crippen molar-refractivity contribution in [3.63, 3.8) is 0 Å². The van der Waals surface area contributed by atoms with Crippen LogP contribution in [-0.2, 0) is 29.1 Å². The Morgan fingerprint density at radius 1 is 1.05 bits per heavy atom. The first-order valence-electron chi connectivity index (χ1n) is 14.1. The third-order valence-electron chi connectivity index (χ3n) is 7.35. The number of carbonyl (C=O) groups is 2. The molecule has 1 saturated carbocycles. The van der Waals surface area contributed by atoms with Crippen LogP contribution in [0.5, 0.6) is 5.75 Å². The fourth-order valence-corrected chi connectivity index (χ4v) is 5.00. The molecule has 11 nitrogen and oxygen atoms in total. The topological polar surface area (TPSA) is 142 Å². The average Bonchev–Trinajstić information content (AvgIpc) is 3.53. The second kappa shape index (κ2) is 14.3. The number of aryl methyl sites for hydroxylation is 2. The van der Waals surface area contributed by atoms with E-state index in [4.69, 9.17) is 24.0 Å². The average molecular weight is 569 g/mol. The Hall–Kier alpha value is -3.70. The molecule has 1 aliphatic heterocycles. The summed E-state index contributed by atoms with van der Waals surface area (Å²) in [6.07, 6.45) is 8.25. The van der Waals surface area contributed by atoms with Gasteiger partial charge >= 0.3 is 11.9 Å². The zero-order valence-electron chi connectivity index (χ0n) is 24.0. The molecule has 0 radical (unpaired) electrons. The molecular formula is C30H40N4O7. The van der Waals surface area contributed by atoms with E-state index in [1.807, 2.05) is 13.0 Å². The first kappa shape index (κ1) is 30.3. The van der Waals surface area contributed by atoms with Gasteiger partial charge in [0, 0.05) is 36.7 Å². The first-order valence-corrected chi connectivity index (χ1v) is 14.1. The van der Waals surface area contributed by atoms with Crippen LogP contribution in [0.25, 0.3) is 11.0 Å². The molecule has 11 heteroatoms. The van der Waals surface area contributed by atoms with E-state index in [1.54, 1.807) is 0 Å². The van der Waals surface area contributed by atoms with E-state index in [2.05, 4.69) is 46.3 Å². The van der Waals surface area contributed by atoms with Crippen LogP contribution in [-0.4, -0.2) is 76.1 Å². The fraction of sp³-hybridized carbons (Fsp3) is 0.533. The smallest absolute Gasteiger partial charge is 0.328 e. The Morgan fingerprint density at radius 2 is 1.76 bits per heavy atom. The second-order valence-electron chi connectivity index (χ2n) is 11.2. The lowest BCUT2D eigenvalue weighted by atomic mass is 9.91. The van der Waals surface area contributed by atoms with Crippen molar-refractivity contribution >= 4 is 22.9 Å². The summed E-state index contributed by atoms with van der Waals surface area (Å²) in [5.74, 6) is 0.773. The number of nitrogens with zero attached hydrogens (tertiary/aromatic N) is 4. The molecule has 1 aromatic carbocycles. The third-order valence-corrected chi connectivity index (χ3v) is 7.35. The van der Waals surface area contributed by atoms with Crippen LogP contribution in [0.4, 0.5) is 0 Å². The summed E-state index contributed by atoms with van der Waals surface area (Å²) in [7, 11) is 4.16. The molecule has 2 aromatic heterocycles. The van der Waals surface area contributed by atoms with Gasteiger partial charge < -0.3 is 28.9 Å². The van der Waals surface area contributed by atoms with E-state index in [0.29, 0.717) is 12.2 Å². The SMILES string of the molecule is Cc1cc(CN2CCC(CCc3noc4c(CN(C)C)c(OCC5CC5)ccc34)CC2)no1.O=C(O)/C=C/C(=O)O. The van der Waals surface area contributed by atoms with Crippen molar-refractivity contribution in [1.29, 1.82) is 0 Å². The van der Waals surface area contributed by atoms with E-state index in [9.17, 15) is 9.59 Å². The zero-order chi connectivity index (χ0) is 29.4. The predicted molar refractivity (Wildman–Crippen MR) is 152 cm³/mol. The highest BCUT2D eigenvalue weighted by Crippen LogP contribution is 2.35.